The first-order chi connectivity index (χ1) is 8.31. The van der Waals surface area contributed by atoms with Gasteiger partial charge in [-0.05, 0) is 32.1 Å². The molecule has 1 aliphatic carbocycles. The van der Waals surface area contributed by atoms with Crippen molar-refractivity contribution in [3.05, 3.63) is 0 Å². The van der Waals surface area contributed by atoms with E-state index in [9.17, 15) is 0 Å². The molecule has 2 saturated heterocycles. The summed E-state index contributed by atoms with van der Waals surface area (Å²) in [6.07, 6.45) is 10.7. The molecule has 3 N–H and O–H groups in total. The Kier molecular flexibility index (Phi) is 3.23. The minimum atomic E-state index is 0.310. The number of ether oxygens (including phenoxy) is 1. The number of nitrogens with zero attached hydrogens (tertiary/aromatic N) is 1. The van der Waals surface area contributed by atoms with Crippen LogP contribution in [0.15, 0.2) is 4.99 Å². The monoisotopic (exact) mass is 237 g/mol. The van der Waals surface area contributed by atoms with Crippen LogP contribution in [0.1, 0.15) is 51.4 Å². The van der Waals surface area contributed by atoms with Gasteiger partial charge in [-0.15, -0.1) is 0 Å². The van der Waals surface area contributed by atoms with Crippen molar-refractivity contribution in [3.8, 4) is 0 Å². The second kappa shape index (κ2) is 4.84. The van der Waals surface area contributed by atoms with Crippen molar-refractivity contribution in [3.63, 3.8) is 0 Å². The lowest BCUT2D eigenvalue weighted by Crippen LogP contribution is -2.42. The second-order valence-electron chi connectivity index (χ2n) is 5.67. The van der Waals surface area contributed by atoms with Crippen molar-refractivity contribution < 1.29 is 4.74 Å². The molecule has 2 bridgehead atoms. The van der Waals surface area contributed by atoms with Crippen molar-refractivity contribution in [1.82, 2.24) is 5.32 Å². The van der Waals surface area contributed by atoms with Crippen LogP contribution in [0.4, 0.5) is 0 Å². The highest BCUT2D eigenvalue weighted by molar-refractivity contribution is 5.78. The smallest absolute Gasteiger partial charge is 0.189 e. The Bertz CT molecular complexity index is 299. The van der Waals surface area contributed by atoms with Gasteiger partial charge < -0.3 is 15.8 Å². The first-order valence-corrected chi connectivity index (χ1v) is 7.06. The molecule has 3 rings (SSSR count). The molecule has 4 heteroatoms. The van der Waals surface area contributed by atoms with Crippen LogP contribution < -0.4 is 11.1 Å². The van der Waals surface area contributed by atoms with Gasteiger partial charge in [0.2, 0.25) is 0 Å². The number of guanidine groups is 1. The summed E-state index contributed by atoms with van der Waals surface area (Å²) >= 11 is 0. The van der Waals surface area contributed by atoms with Crippen molar-refractivity contribution in [2.24, 2.45) is 10.7 Å². The fourth-order valence-electron chi connectivity index (χ4n) is 3.42. The van der Waals surface area contributed by atoms with Crippen molar-refractivity contribution >= 4 is 5.96 Å². The zero-order valence-corrected chi connectivity index (χ0v) is 10.4. The highest BCUT2D eigenvalue weighted by Gasteiger charge is 2.40. The van der Waals surface area contributed by atoms with Crippen LogP contribution >= 0.6 is 0 Å². The summed E-state index contributed by atoms with van der Waals surface area (Å²) in [5.41, 5.74) is 6.00. The van der Waals surface area contributed by atoms with Crippen molar-refractivity contribution in [1.29, 1.82) is 0 Å². The van der Waals surface area contributed by atoms with Crippen LogP contribution in [-0.4, -0.2) is 30.3 Å². The zero-order valence-electron chi connectivity index (χ0n) is 10.4. The summed E-state index contributed by atoms with van der Waals surface area (Å²) in [6.45, 7) is 0. The molecule has 0 spiro atoms. The Balaban J connectivity index is 1.52. The van der Waals surface area contributed by atoms with E-state index < -0.39 is 0 Å². The lowest BCUT2D eigenvalue weighted by atomic mass is 9.95. The first kappa shape index (κ1) is 11.3. The largest absolute Gasteiger partial charge is 0.373 e. The van der Waals surface area contributed by atoms with Crippen LogP contribution in [0.25, 0.3) is 0 Å². The molecule has 96 valence electrons. The third kappa shape index (κ3) is 2.57. The Labute approximate surface area is 103 Å². The number of hydrogen-bond donors (Lipinski definition) is 2. The molecular weight excluding hydrogens is 214 g/mol. The van der Waals surface area contributed by atoms with Gasteiger partial charge in [0.15, 0.2) is 5.96 Å². The molecule has 2 aliphatic heterocycles. The Hall–Kier alpha value is -0.770. The average Bonchev–Trinajstić information content (AvgIpc) is 2.92. The second-order valence-corrected chi connectivity index (χ2v) is 5.67. The van der Waals surface area contributed by atoms with Crippen LogP contribution in [0.5, 0.6) is 0 Å². The summed E-state index contributed by atoms with van der Waals surface area (Å²) in [5.74, 6) is 0.637. The van der Waals surface area contributed by atoms with Crippen LogP contribution in [-0.2, 0) is 4.74 Å². The molecule has 1 saturated carbocycles. The van der Waals surface area contributed by atoms with E-state index >= 15 is 0 Å². The van der Waals surface area contributed by atoms with E-state index in [1.54, 1.807) is 0 Å². The molecule has 2 heterocycles. The number of rotatable bonds is 2. The van der Waals surface area contributed by atoms with Crippen molar-refractivity contribution in [2.45, 2.75) is 75.7 Å². The first-order valence-electron chi connectivity index (χ1n) is 7.06. The van der Waals surface area contributed by atoms with Gasteiger partial charge in [-0.1, -0.05) is 19.3 Å². The lowest BCUT2D eigenvalue weighted by molar-refractivity contribution is 0.101. The molecule has 3 atom stereocenters. The lowest BCUT2D eigenvalue weighted by Gasteiger charge is -2.24. The highest BCUT2D eigenvalue weighted by atomic mass is 16.5. The SMILES string of the molecule is NC(=NC1CC2CCC1O2)NC1CCCCC1. The number of aliphatic imine (C=N–C) groups is 1. The highest BCUT2D eigenvalue weighted by Crippen LogP contribution is 2.36. The maximum atomic E-state index is 6.00. The van der Waals surface area contributed by atoms with Gasteiger partial charge in [-0.2, -0.15) is 0 Å². The van der Waals surface area contributed by atoms with E-state index in [4.69, 9.17) is 10.5 Å². The third-order valence-electron chi connectivity index (χ3n) is 4.34. The Morgan fingerprint density at radius 2 is 1.94 bits per heavy atom. The molecule has 0 aromatic carbocycles. The molecule has 17 heavy (non-hydrogen) atoms. The predicted molar refractivity (Wildman–Crippen MR) is 67.9 cm³/mol. The van der Waals surface area contributed by atoms with Gasteiger partial charge in [-0.3, -0.25) is 0 Å². The summed E-state index contributed by atoms with van der Waals surface area (Å²) in [6, 6.07) is 0.858. The van der Waals surface area contributed by atoms with E-state index in [0.717, 1.165) is 12.8 Å². The van der Waals surface area contributed by atoms with E-state index in [0.29, 0.717) is 30.3 Å². The predicted octanol–water partition coefficient (Wildman–Crippen LogP) is 1.54. The molecule has 4 nitrogen and oxygen atoms in total. The number of nitrogens with two attached hydrogens (primary N) is 1. The molecule has 0 radical (unpaired) electrons. The summed E-state index contributed by atoms with van der Waals surface area (Å²) in [4.78, 5) is 4.61. The molecule has 3 aliphatic rings. The standard InChI is InChI=1S/C13H23N3O/c14-13(15-9-4-2-1-3-5-9)16-11-8-10-6-7-12(11)17-10/h9-12H,1-8H2,(H3,14,15,16). The van der Waals surface area contributed by atoms with Crippen molar-refractivity contribution in [2.75, 3.05) is 0 Å². The fraction of sp³-hybridized carbons (Fsp3) is 0.923. The van der Waals surface area contributed by atoms with E-state index in [1.807, 2.05) is 0 Å². The normalized spacial score (nSPS) is 38.6. The average molecular weight is 237 g/mol. The molecule has 0 amide bonds. The molecule has 0 aromatic heterocycles. The molecule has 3 unspecified atom stereocenters. The van der Waals surface area contributed by atoms with Gasteiger partial charge in [0.1, 0.15) is 0 Å². The Morgan fingerprint density at radius 1 is 1.12 bits per heavy atom. The number of hydrogen-bond acceptors (Lipinski definition) is 2. The van der Waals surface area contributed by atoms with Gasteiger partial charge in [0.25, 0.3) is 0 Å². The molecule has 0 aromatic rings. The quantitative estimate of drug-likeness (QED) is 0.566. The van der Waals surface area contributed by atoms with Gasteiger partial charge in [-0.25, -0.2) is 4.99 Å². The fourth-order valence-corrected chi connectivity index (χ4v) is 3.42. The number of nitrogens with one attached hydrogen (secondary N) is 1. The van der Waals surface area contributed by atoms with Gasteiger partial charge in [0, 0.05) is 6.04 Å². The summed E-state index contributed by atoms with van der Waals surface area (Å²) < 4.78 is 5.79. The van der Waals surface area contributed by atoms with Gasteiger partial charge in [0.05, 0.1) is 18.2 Å². The van der Waals surface area contributed by atoms with Gasteiger partial charge >= 0.3 is 0 Å². The van der Waals surface area contributed by atoms with E-state index in [2.05, 4.69) is 10.3 Å². The number of fused-ring (bicyclic) bond motifs is 2. The minimum absolute atomic E-state index is 0.310. The van der Waals surface area contributed by atoms with Crippen LogP contribution in [0.3, 0.4) is 0 Å². The maximum absolute atomic E-state index is 6.00. The van der Waals surface area contributed by atoms with E-state index in [1.165, 1.54) is 38.5 Å². The Morgan fingerprint density at radius 3 is 2.59 bits per heavy atom. The van der Waals surface area contributed by atoms with Crippen LogP contribution in [0.2, 0.25) is 0 Å². The minimum Gasteiger partial charge on any atom is -0.373 e. The topological polar surface area (TPSA) is 59.6 Å². The molecule has 3 fully saturated rings. The summed E-state index contributed by atoms with van der Waals surface area (Å²) in [5, 5.41) is 3.38. The molecular formula is C13H23N3O. The zero-order chi connectivity index (χ0) is 11.7. The maximum Gasteiger partial charge on any atom is 0.189 e. The van der Waals surface area contributed by atoms with E-state index in [-0.39, 0.29) is 0 Å². The summed E-state index contributed by atoms with van der Waals surface area (Å²) in [7, 11) is 0. The third-order valence-corrected chi connectivity index (χ3v) is 4.34. The van der Waals surface area contributed by atoms with Crippen LogP contribution in [0, 0.1) is 0 Å².